The molecule has 0 bridgehead atoms. The second-order valence-corrected chi connectivity index (χ2v) is 4.26. The zero-order valence-corrected chi connectivity index (χ0v) is 10.4. The Balaban J connectivity index is 2.70. The van der Waals surface area contributed by atoms with E-state index in [1.807, 2.05) is 19.1 Å². The van der Waals surface area contributed by atoms with Gasteiger partial charge < -0.3 is 4.74 Å². The molecule has 84 valence electrons. The lowest BCUT2D eigenvalue weighted by atomic mass is 9.98. The van der Waals surface area contributed by atoms with Gasteiger partial charge >= 0.3 is 0 Å². The predicted molar refractivity (Wildman–Crippen MR) is 65.7 cm³/mol. The van der Waals surface area contributed by atoms with Crippen LogP contribution in [0.3, 0.4) is 0 Å². The van der Waals surface area contributed by atoms with Gasteiger partial charge in [0.05, 0.1) is 12.0 Å². The van der Waals surface area contributed by atoms with E-state index in [1.54, 1.807) is 0 Å². The Morgan fingerprint density at radius 3 is 2.27 bits per heavy atom. The zero-order chi connectivity index (χ0) is 11.3. The highest BCUT2D eigenvalue weighted by atomic mass is 35.5. The Morgan fingerprint density at radius 1 is 1.20 bits per heavy atom. The van der Waals surface area contributed by atoms with Crippen LogP contribution in [0.1, 0.15) is 38.1 Å². The predicted octanol–water partition coefficient (Wildman–Crippen LogP) is 4.41. The summed E-state index contributed by atoms with van der Waals surface area (Å²) in [7, 11) is 0. The minimum atomic E-state index is 0.102. The lowest BCUT2D eigenvalue weighted by molar-refractivity contribution is 0.340. The van der Waals surface area contributed by atoms with Gasteiger partial charge in [0.1, 0.15) is 5.75 Å². The highest BCUT2D eigenvalue weighted by Gasteiger charge is 2.14. The largest absolute Gasteiger partial charge is 0.494 e. The van der Waals surface area contributed by atoms with Gasteiger partial charge in [-0.1, -0.05) is 32.4 Å². The van der Waals surface area contributed by atoms with Gasteiger partial charge in [-0.3, -0.25) is 0 Å². The molecule has 0 N–H and O–H groups in total. The molecule has 0 aliphatic rings. The molecule has 0 aromatic heterocycles. The SMILES string of the molecule is CCOc1ccc(C(Cl)C(C)CC)cc1. The molecular weight excluding hydrogens is 208 g/mol. The van der Waals surface area contributed by atoms with Crippen molar-refractivity contribution in [1.29, 1.82) is 0 Å². The molecule has 0 radical (unpaired) electrons. The molecule has 1 aromatic rings. The van der Waals surface area contributed by atoms with Crippen LogP contribution in [0.15, 0.2) is 24.3 Å². The fourth-order valence-electron chi connectivity index (χ4n) is 1.45. The van der Waals surface area contributed by atoms with Crippen molar-refractivity contribution in [2.45, 2.75) is 32.6 Å². The van der Waals surface area contributed by atoms with Crippen molar-refractivity contribution in [2.24, 2.45) is 5.92 Å². The maximum atomic E-state index is 6.35. The van der Waals surface area contributed by atoms with E-state index >= 15 is 0 Å². The van der Waals surface area contributed by atoms with E-state index in [-0.39, 0.29) is 5.38 Å². The number of benzene rings is 1. The van der Waals surface area contributed by atoms with Crippen molar-refractivity contribution >= 4 is 11.6 Å². The fraction of sp³-hybridized carbons (Fsp3) is 0.538. The van der Waals surface area contributed by atoms with Crippen LogP contribution < -0.4 is 4.74 Å². The Hall–Kier alpha value is -0.690. The first-order chi connectivity index (χ1) is 7.19. The Morgan fingerprint density at radius 2 is 1.80 bits per heavy atom. The molecule has 0 aliphatic carbocycles. The van der Waals surface area contributed by atoms with Crippen LogP contribution in [-0.4, -0.2) is 6.61 Å². The molecule has 1 aromatic carbocycles. The molecule has 2 atom stereocenters. The van der Waals surface area contributed by atoms with E-state index in [4.69, 9.17) is 16.3 Å². The van der Waals surface area contributed by atoms with E-state index in [0.29, 0.717) is 12.5 Å². The van der Waals surface area contributed by atoms with Crippen LogP contribution in [0.2, 0.25) is 0 Å². The molecule has 1 nitrogen and oxygen atoms in total. The summed E-state index contributed by atoms with van der Waals surface area (Å²) in [6, 6.07) is 8.07. The molecule has 0 heterocycles. The van der Waals surface area contributed by atoms with Crippen molar-refractivity contribution in [3.8, 4) is 5.75 Å². The average Bonchev–Trinajstić information content (AvgIpc) is 2.28. The molecule has 1 rings (SSSR count). The van der Waals surface area contributed by atoms with Crippen molar-refractivity contribution in [3.63, 3.8) is 0 Å². The number of alkyl halides is 1. The van der Waals surface area contributed by atoms with Crippen molar-refractivity contribution in [1.82, 2.24) is 0 Å². The number of hydrogen-bond acceptors (Lipinski definition) is 1. The molecule has 0 saturated carbocycles. The van der Waals surface area contributed by atoms with Crippen molar-refractivity contribution in [3.05, 3.63) is 29.8 Å². The quantitative estimate of drug-likeness (QED) is 0.676. The molecule has 2 heteroatoms. The van der Waals surface area contributed by atoms with E-state index in [0.717, 1.165) is 12.2 Å². The van der Waals surface area contributed by atoms with E-state index in [2.05, 4.69) is 26.0 Å². The Kier molecular flexibility index (Phi) is 4.97. The van der Waals surface area contributed by atoms with Crippen molar-refractivity contribution < 1.29 is 4.74 Å². The summed E-state index contributed by atoms with van der Waals surface area (Å²) in [5.74, 6) is 1.42. The number of rotatable bonds is 5. The molecule has 0 fully saturated rings. The van der Waals surface area contributed by atoms with Gasteiger partial charge in [-0.15, -0.1) is 11.6 Å². The van der Waals surface area contributed by atoms with Crippen LogP contribution in [0, 0.1) is 5.92 Å². The molecular formula is C13H19ClO. The second-order valence-electron chi connectivity index (χ2n) is 3.79. The molecule has 0 aliphatic heterocycles. The van der Waals surface area contributed by atoms with Gasteiger partial charge in [-0.2, -0.15) is 0 Å². The fourth-order valence-corrected chi connectivity index (χ4v) is 1.77. The number of ether oxygens (including phenoxy) is 1. The standard InChI is InChI=1S/C13H19ClO/c1-4-10(3)13(14)11-6-8-12(9-7-11)15-5-2/h6-10,13H,4-5H2,1-3H3. The third-order valence-electron chi connectivity index (χ3n) is 2.65. The first-order valence-electron chi connectivity index (χ1n) is 5.55. The number of halogens is 1. The van der Waals surface area contributed by atoms with Crippen LogP contribution in [0.5, 0.6) is 5.75 Å². The minimum Gasteiger partial charge on any atom is -0.494 e. The zero-order valence-electron chi connectivity index (χ0n) is 9.66. The van der Waals surface area contributed by atoms with Gasteiger partial charge in [0, 0.05) is 0 Å². The highest BCUT2D eigenvalue weighted by molar-refractivity contribution is 6.21. The topological polar surface area (TPSA) is 9.23 Å². The van der Waals surface area contributed by atoms with Gasteiger partial charge in [0.2, 0.25) is 0 Å². The van der Waals surface area contributed by atoms with E-state index in [1.165, 1.54) is 5.56 Å². The summed E-state index contributed by atoms with van der Waals surface area (Å²) in [5, 5.41) is 0.102. The van der Waals surface area contributed by atoms with Gasteiger partial charge in [0.25, 0.3) is 0 Å². The summed E-state index contributed by atoms with van der Waals surface area (Å²) < 4.78 is 5.38. The minimum absolute atomic E-state index is 0.102. The monoisotopic (exact) mass is 226 g/mol. The van der Waals surface area contributed by atoms with Gasteiger partial charge in [-0.05, 0) is 30.5 Å². The first-order valence-corrected chi connectivity index (χ1v) is 5.99. The number of hydrogen-bond donors (Lipinski definition) is 0. The van der Waals surface area contributed by atoms with Gasteiger partial charge in [-0.25, -0.2) is 0 Å². The lowest BCUT2D eigenvalue weighted by Gasteiger charge is -2.16. The summed E-state index contributed by atoms with van der Waals surface area (Å²) in [6.45, 7) is 7.02. The smallest absolute Gasteiger partial charge is 0.119 e. The maximum Gasteiger partial charge on any atom is 0.119 e. The molecule has 0 spiro atoms. The van der Waals surface area contributed by atoms with Crippen molar-refractivity contribution in [2.75, 3.05) is 6.61 Å². The van der Waals surface area contributed by atoms with E-state index < -0.39 is 0 Å². The van der Waals surface area contributed by atoms with Crippen LogP contribution in [-0.2, 0) is 0 Å². The summed E-state index contributed by atoms with van der Waals surface area (Å²) >= 11 is 6.35. The van der Waals surface area contributed by atoms with Crippen LogP contribution in [0.25, 0.3) is 0 Å². The summed E-state index contributed by atoms with van der Waals surface area (Å²) in [4.78, 5) is 0. The Labute approximate surface area is 97.4 Å². The normalized spacial score (nSPS) is 14.7. The maximum absolute atomic E-state index is 6.35. The Bertz CT molecular complexity index is 281. The highest BCUT2D eigenvalue weighted by Crippen LogP contribution is 2.31. The average molecular weight is 227 g/mol. The van der Waals surface area contributed by atoms with E-state index in [9.17, 15) is 0 Å². The molecule has 0 amide bonds. The summed E-state index contributed by atoms with van der Waals surface area (Å²) in [6.07, 6.45) is 1.10. The molecule has 0 saturated heterocycles. The second kappa shape index (κ2) is 6.02. The first kappa shape index (κ1) is 12.4. The molecule has 15 heavy (non-hydrogen) atoms. The van der Waals surface area contributed by atoms with Crippen LogP contribution in [0.4, 0.5) is 0 Å². The van der Waals surface area contributed by atoms with Crippen LogP contribution >= 0.6 is 11.6 Å². The third kappa shape index (κ3) is 3.42. The molecule has 2 unspecified atom stereocenters. The summed E-state index contributed by atoms with van der Waals surface area (Å²) in [5.41, 5.74) is 1.18. The van der Waals surface area contributed by atoms with Gasteiger partial charge in [0.15, 0.2) is 0 Å². The third-order valence-corrected chi connectivity index (χ3v) is 3.34. The lowest BCUT2D eigenvalue weighted by Crippen LogP contribution is -2.02.